The predicted molar refractivity (Wildman–Crippen MR) is 122 cm³/mol. The van der Waals surface area contributed by atoms with E-state index >= 15 is 0 Å². The van der Waals surface area contributed by atoms with E-state index in [1.807, 2.05) is 30.3 Å². The van der Waals surface area contributed by atoms with Crippen LogP contribution in [0.4, 0.5) is 0 Å². The Labute approximate surface area is 189 Å². The molecule has 1 aromatic carbocycles. The molecular weight excluding hydrogens is 404 g/mol. The van der Waals surface area contributed by atoms with Gasteiger partial charge in [0.25, 0.3) is 0 Å². The van der Waals surface area contributed by atoms with Gasteiger partial charge >= 0.3 is 5.97 Å². The van der Waals surface area contributed by atoms with Crippen LogP contribution in [0.1, 0.15) is 41.8 Å². The van der Waals surface area contributed by atoms with Crippen LogP contribution < -0.4 is 0 Å². The first-order valence-corrected chi connectivity index (χ1v) is 11.3. The molecule has 4 rings (SSSR count). The van der Waals surface area contributed by atoms with Crippen LogP contribution in [0.5, 0.6) is 0 Å². The van der Waals surface area contributed by atoms with Crippen molar-refractivity contribution in [2.45, 2.75) is 46.9 Å². The molecule has 7 heteroatoms. The molecule has 3 heterocycles. The van der Waals surface area contributed by atoms with E-state index in [1.54, 1.807) is 0 Å². The molecule has 3 aromatic rings. The van der Waals surface area contributed by atoms with Gasteiger partial charge in [0.05, 0.1) is 17.9 Å². The van der Waals surface area contributed by atoms with E-state index in [2.05, 4.69) is 40.5 Å². The summed E-state index contributed by atoms with van der Waals surface area (Å²) in [6, 6.07) is 14.2. The maximum Gasteiger partial charge on any atom is 0.303 e. The van der Waals surface area contributed by atoms with Crippen molar-refractivity contribution < 1.29 is 13.9 Å². The van der Waals surface area contributed by atoms with E-state index in [4.69, 9.17) is 14.3 Å². The van der Waals surface area contributed by atoms with E-state index in [0.29, 0.717) is 5.76 Å². The molecule has 0 saturated carbocycles. The number of rotatable bonds is 7. The minimum atomic E-state index is -0.296. The summed E-state index contributed by atoms with van der Waals surface area (Å²) in [6.45, 7) is 11.7. The van der Waals surface area contributed by atoms with Crippen molar-refractivity contribution >= 4 is 5.97 Å². The lowest BCUT2D eigenvalue weighted by Crippen LogP contribution is -2.30. The quantitative estimate of drug-likeness (QED) is 0.524. The van der Waals surface area contributed by atoms with Crippen LogP contribution in [0.15, 0.2) is 46.9 Å². The van der Waals surface area contributed by atoms with Crippen molar-refractivity contribution in [1.29, 1.82) is 0 Å². The van der Waals surface area contributed by atoms with E-state index in [1.165, 1.54) is 18.2 Å². The van der Waals surface area contributed by atoms with Gasteiger partial charge in [-0.05, 0) is 57.6 Å². The van der Waals surface area contributed by atoms with Crippen molar-refractivity contribution in [3.63, 3.8) is 0 Å². The monoisotopic (exact) mass is 436 g/mol. The Bertz CT molecular complexity index is 1040. The molecule has 0 bridgehead atoms. The Kier molecular flexibility index (Phi) is 7.07. The number of hydrogen-bond acceptors (Lipinski definition) is 6. The summed E-state index contributed by atoms with van der Waals surface area (Å²) < 4.78 is 12.9. The number of aromatic nitrogens is 2. The van der Waals surface area contributed by atoms with Crippen LogP contribution in [0.3, 0.4) is 0 Å². The molecule has 32 heavy (non-hydrogen) atoms. The third-order valence-electron chi connectivity index (χ3n) is 6.02. The van der Waals surface area contributed by atoms with Gasteiger partial charge in [-0.15, -0.1) is 0 Å². The molecule has 0 spiro atoms. The number of ether oxygens (including phenoxy) is 1. The number of nitrogens with zero attached hydrogens (tertiary/aromatic N) is 4. The Morgan fingerprint density at radius 3 is 2.38 bits per heavy atom. The van der Waals surface area contributed by atoms with Gasteiger partial charge in [0, 0.05) is 37.8 Å². The fraction of sp³-hybridized carbons (Fsp3) is 0.440. The average molecular weight is 437 g/mol. The van der Waals surface area contributed by atoms with Crippen LogP contribution in [-0.4, -0.2) is 51.7 Å². The molecule has 1 aliphatic rings. The second kappa shape index (κ2) is 10.1. The molecule has 1 fully saturated rings. The summed E-state index contributed by atoms with van der Waals surface area (Å²) in [5.74, 6) is 1.31. The molecule has 0 atom stereocenters. The lowest BCUT2D eigenvalue weighted by Gasteiger charge is -2.21. The Hall–Kier alpha value is -2.90. The van der Waals surface area contributed by atoms with E-state index in [9.17, 15) is 4.79 Å². The Morgan fingerprint density at radius 1 is 0.969 bits per heavy atom. The first-order valence-electron chi connectivity index (χ1n) is 11.3. The number of carbonyl (C=O) groups is 1. The van der Waals surface area contributed by atoms with Crippen LogP contribution in [0.2, 0.25) is 0 Å². The molecule has 1 aliphatic heterocycles. The second-order valence-electron chi connectivity index (χ2n) is 8.45. The topological polar surface area (TPSA) is 63.7 Å². The normalized spacial score (nSPS) is 15.6. The van der Waals surface area contributed by atoms with Crippen molar-refractivity contribution in [3.05, 3.63) is 70.9 Å². The molecule has 0 N–H and O–H groups in total. The average Bonchev–Trinajstić information content (AvgIpc) is 3.26. The second-order valence-corrected chi connectivity index (χ2v) is 8.45. The highest BCUT2D eigenvalue weighted by molar-refractivity contribution is 5.65. The SMILES string of the molecule is CC(=O)OCc1ccc(CN2CCCN(Cc3c(C)nn(-c4ccccc4)c3C)CC2)o1. The molecule has 1 saturated heterocycles. The molecule has 0 radical (unpaired) electrons. The van der Waals surface area contributed by atoms with Crippen molar-refractivity contribution in [2.24, 2.45) is 0 Å². The van der Waals surface area contributed by atoms with Gasteiger partial charge in [0.15, 0.2) is 0 Å². The van der Waals surface area contributed by atoms with Gasteiger partial charge in [-0.2, -0.15) is 5.10 Å². The first kappa shape index (κ1) is 22.3. The van der Waals surface area contributed by atoms with Gasteiger partial charge in [-0.1, -0.05) is 18.2 Å². The number of carbonyl (C=O) groups excluding carboxylic acids is 1. The van der Waals surface area contributed by atoms with Gasteiger partial charge in [-0.25, -0.2) is 4.68 Å². The summed E-state index contributed by atoms with van der Waals surface area (Å²) in [7, 11) is 0. The molecule has 7 nitrogen and oxygen atoms in total. The summed E-state index contributed by atoms with van der Waals surface area (Å²) in [6.07, 6.45) is 1.12. The smallest absolute Gasteiger partial charge is 0.303 e. The minimum Gasteiger partial charge on any atom is -0.461 e. The van der Waals surface area contributed by atoms with Crippen molar-refractivity contribution in [3.8, 4) is 5.69 Å². The van der Waals surface area contributed by atoms with Gasteiger partial charge in [-0.3, -0.25) is 14.6 Å². The number of para-hydroxylation sites is 1. The van der Waals surface area contributed by atoms with Crippen molar-refractivity contribution in [2.75, 3.05) is 26.2 Å². The highest BCUT2D eigenvalue weighted by atomic mass is 16.5. The Morgan fingerprint density at radius 2 is 1.66 bits per heavy atom. The standard InChI is InChI=1S/C25H32N4O3/c1-19-25(20(2)29(26-19)22-8-5-4-6-9-22)17-28-13-7-12-27(14-15-28)16-23-10-11-24(32-23)18-31-21(3)30/h4-6,8-11H,7,12-18H2,1-3H3. The summed E-state index contributed by atoms with van der Waals surface area (Å²) in [4.78, 5) is 15.9. The van der Waals surface area contributed by atoms with Gasteiger partial charge in [0.2, 0.25) is 0 Å². The molecular formula is C25H32N4O3. The fourth-order valence-corrected chi connectivity index (χ4v) is 4.27. The van der Waals surface area contributed by atoms with Crippen LogP contribution in [-0.2, 0) is 29.2 Å². The third kappa shape index (κ3) is 5.47. The molecule has 0 unspecified atom stereocenters. The molecule has 0 amide bonds. The Balaban J connectivity index is 1.34. The van der Waals surface area contributed by atoms with Gasteiger partial charge in [0.1, 0.15) is 18.1 Å². The minimum absolute atomic E-state index is 0.193. The molecule has 0 aliphatic carbocycles. The number of esters is 1. The highest BCUT2D eigenvalue weighted by Gasteiger charge is 2.20. The number of furan rings is 1. The zero-order valence-electron chi connectivity index (χ0n) is 19.2. The van der Waals surface area contributed by atoms with Crippen molar-refractivity contribution in [1.82, 2.24) is 19.6 Å². The zero-order valence-corrected chi connectivity index (χ0v) is 19.2. The summed E-state index contributed by atoms with van der Waals surface area (Å²) >= 11 is 0. The predicted octanol–water partition coefficient (Wildman–Crippen LogP) is 3.85. The largest absolute Gasteiger partial charge is 0.461 e. The number of benzene rings is 1. The highest BCUT2D eigenvalue weighted by Crippen LogP contribution is 2.21. The molecule has 2 aromatic heterocycles. The summed E-state index contributed by atoms with van der Waals surface area (Å²) in [5, 5.41) is 4.80. The lowest BCUT2D eigenvalue weighted by molar-refractivity contribution is -0.142. The van der Waals surface area contributed by atoms with E-state index in [-0.39, 0.29) is 12.6 Å². The van der Waals surface area contributed by atoms with Crippen LogP contribution in [0.25, 0.3) is 5.69 Å². The molecule has 170 valence electrons. The van der Waals surface area contributed by atoms with Gasteiger partial charge < -0.3 is 9.15 Å². The third-order valence-corrected chi connectivity index (χ3v) is 6.02. The lowest BCUT2D eigenvalue weighted by atomic mass is 10.1. The number of hydrogen-bond donors (Lipinski definition) is 0. The fourth-order valence-electron chi connectivity index (χ4n) is 4.27. The summed E-state index contributed by atoms with van der Waals surface area (Å²) in [5.41, 5.74) is 4.74. The number of aryl methyl sites for hydroxylation is 1. The zero-order chi connectivity index (χ0) is 22.5. The van der Waals surface area contributed by atoms with Crippen LogP contribution in [0, 0.1) is 13.8 Å². The first-order chi connectivity index (χ1) is 15.5. The van der Waals surface area contributed by atoms with Crippen LogP contribution >= 0.6 is 0 Å². The van der Waals surface area contributed by atoms with E-state index in [0.717, 1.165) is 62.8 Å². The van der Waals surface area contributed by atoms with E-state index < -0.39 is 0 Å². The maximum atomic E-state index is 11.0. The maximum absolute atomic E-state index is 11.0.